The molecule has 1 heterocycles. The van der Waals surface area contributed by atoms with Crippen molar-refractivity contribution in [3.05, 3.63) is 0 Å². The smallest absolute Gasteiger partial charge is 0.310 e. The average molecular weight is 185 g/mol. The van der Waals surface area contributed by atoms with Crippen molar-refractivity contribution in [3.8, 4) is 0 Å². The van der Waals surface area contributed by atoms with Gasteiger partial charge in [0, 0.05) is 6.54 Å². The van der Waals surface area contributed by atoms with Crippen LogP contribution in [0.5, 0.6) is 0 Å². The Balaban J connectivity index is 2.41. The van der Waals surface area contributed by atoms with E-state index in [0.29, 0.717) is 0 Å². The molecule has 1 aliphatic rings. The predicted molar refractivity (Wildman–Crippen MR) is 51.4 cm³/mol. The number of carbonyl (C=O) groups is 1. The first kappa shape index (κ1) is 10.5. The Hall–Kier alpha value is -0.570. The van der Waals surface area contributed by atoms with Gasteiger partial charge in [0.05, 0.1) is 5.92 Å². The quantitative estimate of drug-likeness (QED) is 0.576. The summed E-state index contributed by atoms with van der Waals surface area (Å²) in [4.78, 5) is 13.7. The highest BCUT2D eigenvalue weighted by molar-refractivity contribution is 5.73. The summed E-state index contributed by atoms with van der Waals surface area (Å²) in [6.07, 6.45) is 0.936. The zero-order valence-corrected chi connectivity index (χ0v) is 8.96. The number of likely N-dealkylation sites (tertiary alicyclic amines) is 1. The SMILES string of the molecule is CN1CC[C@@H](C(=O)OC(C)(C)C)C1. The molecule has 76 valence electrons. The Kier molecular flexibility index (Phi) is 2.96. The zero-order valence-electron chi connectivity index (χ0n) is 8.96. The number of esters is 1. The predicted octanol–water partition coefficient (Wildman–Crippen LogP) is 1.28. The van der Waals surface area contributed by atoms with Gasteiger partial charge in [-0.3, -0.25) is 4.79 Å². The standard InChI is InChI=1S/C10H19NO2/c1-10(2,3)13-9(12)8-5-6-11(4)7-8/h8H,5-7H2,1-4H3/t8-/m1/s1. The van der Waals surface area contributed by atoms with Gasteiger partial charge < -0.3 is 9.64 Å². The topological polar surface area (TPSA) is 29.5 Å². The fraction of sp³-hybridized carbons (Fsp3) is 0.900. The highest BCUT2D eigenvalue weighted by Gasteiger charge is 2.29. The molecule has 1 aliphatic heterocycles. The fourth-order valence-corrected chi connectivity index (χ4v) is 1.51. The molecule has 1 atom stereocenters. The van der Waals surface area contributed by atoms with Gasteiger partial charge in [-0.2, -0.15) is 0 Å². The summed E-state index contributed by atoms with van der Waals surface area (Å²) in [6.45, 7) is 7.56. The maximum Gasteiger partial charge on any atom is 0.310 e. The lowest BCUT2D eigenvalue weighted by molar-refractivity contribution is -0.159. The van der Waals surface area contributed by atoms with Crippen molar-refractivity contribution in [1.82, 2.24) is 4.90 Å². The molecule has 0 N–H and O–H groups in total. The Morgan fingerprint density at radius 3 is 2.46 bits per heavy atom. The fourth-order valence-electron chi connectivity index (χ4n) is 1.51. The monoisotopic (exact) mass is 185 g/mol. The van der Waals surface area contributed by atoms with Gasteiger partial charge in [0.2, 0.25) is 0 Å². The van der Waals surface area contributed by atoms with Crippen LogP contribution in [-0.2, 0) is 9.53 Å². The number of hydrogen-bond donors (Lipinski definition) is 0. The second-order valence-electron chi connectivity index (χ2n) is 4.78. The highest BCUT2D eigenvalue weighted by atomic mass is 16.6. The van der Waals surface area contributed by atoms with E-state index in [1.807, 2.05) is 27.8 Å². The number of rotatable bonds is 1. The van der Waals surface area contributed by atoms with Crippen molar-refractivity contribution in [1.29, 1.82) is 0 Å². The van der Waals surface area contributed by atoms with E-state index >= 15 is 0 Å². The summed E-state index contributed by atoms with van der Waals surface area (Å²) >= 11 is 0. The van der Waals surface area contributed by atoms with Gasteiger partial charge in [0.25, 0.3) is 0 Å². The maximum atomic E-state index is 11.6. The molecule has 0 amide bonds. The molecule has 13 heavy (non-hydrogen) atoms. The minimum atomic E-state index is -0.349. The normalized spacial score (nSPS) is 24.8. The Bertz CT molecular complexity index is 196. The van der Waals surface area contributed by atoms with Crippen molar-refractivity contribution < 1.29 is 9.53 Å². The van der Waals surface area contributed by atoms with Crippen molar-refractivity contribution in [2.45, 2.75) is 32.8 Å². The number of nitrogens with zero attached hydrogens (tertiary/aromatic N) is 1. The lowest BCUT2D eigenvalue weighted by atomic mass is 10.1. The van der Waals surface area contributed by atoms with Crippen molar-refractivity contribution in [2.24, 2.45) is 5.92 Å². The van der Waals surface area contributed by atoms with E-state index in [4.69, 9.17) is 4.74 Å². The van der Waals surface area contributed by atoms with Crippen LogP contribution in [0.15, 0.2) is 0 Å². The lowest BCUT2D eigenvalue weighted by Crippen LogP contribution is -2.29. The molecule has 0 aromatic rings. The molecule has 0 aromatic heterocycles. The molecule has 1 rings (SSSR count). The number of carbonyl (C=O) groups excluding carboxylic acids is 1. The second kappa shape index (κ2) is 3.66. The molecule has 0 unspecified atom stereocenters. The molecule has 1 fully saturated rings. The molecule has 0 aliphatic carbocycles. The van der Waals surface area contributed by atoms with Crippen molar-refractivity contribution in [2.75, 3.05) is 20.1 Å². The van der Waals surface area contributed by atoms with E-state index in [0.717, 1.165) is 19.5 Å². The van der Waals surface area contributed by atoms with Gasteiger partial charge in [0.1, 0.15) is 5.60 Å². The van der Waals surface area contributed by atoms with Crippen LogP contribution in [0.2, 0.25) is 0 Å². The van der Waals surface area contributed by atoms with E-state index < -0.39 is 0 Å². The molecular formula is C10H19NO2. The molecule has 3 heteroatoms. The van der Waals surface area contributed by atoms with Gasteiger partial charge in [-0.05, 0) is 40.8 Å². The molecular weight excluding hydrogens is 166 g/mol. The highest BCUT2D eigenvalue weighted by Crippen LogP contribution is 2.19. The minimum absolute atomic E-state index is 0.0446. The van der Waals surface area contributed by atoms with E-state index in [9.17, 15) is 4.79 Å². The summed E-state index contributed by atoms with van der Waals surface area (Å²) in [7, 11) is 2.03. The van der Waals surface area contributed by atoms with Crippen LogP contribution in [0.1, 0.15) is 27.2 Å². The minimum Gasteiger partial charge on any atom is -0.460 e. The van der Waals surface area contributed by atoms with Gasteiger partial charge >= 0.3 is 5.97 Å². The molecule has 0 saturated carbocycles. The molecule has 0 aromatic carbocycles. The maximum absolute atomic E-state index is 11.6. The van der Waals surface area contributed by atoms with E-state index in [1.165, 1.54) is 0 Å². The van der Waals surface area contributed by atoms with Crippen molar-refractivity contribution >= 4 is 5.97 Å². The van der Waals surface area contributed by atoms with Crippen LogP contribution >= 0.6 is 0 Å². The first-order valence-corrected chi connectivity index (χ1v) is 4.80. The van der Waals surface area contributed by atoms with Gasteiger partial charge in [0.15, 0.2) is 0 Å². The van der Waals surface area contributed by atoms with Gasteiger partial charge in [-0.1, -0.05) is 0 Å². The summed E-state index contributed by atoms with van der Waals surface area (Å²) in [5.74, 6) is 0.0427. The first-order valence-electron chi connectivity index (χ1n) is 4.80. The Morgan fingerprint density at radius 1 is 1.46 bits per heavy atom. The second-order valence-corrected chi connectivity index (χ2v) is 4.78. The molecule has 0 spiro atoms. The van der Waals surface area contributed by atoms with Gasteiger partial charge in [-0.15, -0.1) is 0 Å². The summed E-state index contributed by atoms with van der Waals surface area (Å²) in [6, 6.07) is 0. The third kappa shape index (κ3) is 3.35. The zero-order chi connectivity index (χ0) is 10.1. The number of ether oxygens (including phenoxy) is 1. The van der Waals surface area contributed by atoms with E-state index in [2.05, 4.69) is 4.90 Å². The van der Waals surface area contributed by atoms with Gasteiger partial charge in [-0.25, -0.2) is 0 Å². The van der Waals surface area contributed by atoms with Crippen LogP contribution in [0.4, 0.5) is 0 Å². The average Bonchev–Trinajstić information content (AvgIpc) is 2.31. The van der Waals surface area contributed by atoms with Crippen molar-refractivity contribution in [3.63, 3.8) is 0 Å². The van der Waals surface area contributed by atoms with E-state index in [1.54, 1.807) is 0 Å². The Labute approximate surface area is 80.1 Å². The van der Waals surface area contributed by atoms with Crippen LogP contribution < -0.4 is 0 Å². The number of hydrogen-bond acceptors (Lipinski definition) is 3. The van der Waals surface area contributed by atoms with Crippen LogP contribution in [0.25, 0.3) is 0 Å². The third-order valence-corrected chi connectivity index (χ3v) is 2.13. The van der Waals surface area contributed by atoms with Crippen LogP contribution in [0, 0.1) is 5.92 Å². The molecule has 1 saturated heterocycles. The lowest BCUT2D eigenvalue weighted by Gasteiger charge is -2.21. The molecule has 3 nitrogen and oxygen atoms in total. The summed E-state index contributed by atoms with van der Waals surface area (Å²) in [5.41, 5.74) is -0.349. The summed E-state index contributed by atoms with van der Waals surface area (Å²) in [5, 5.41) is 0. The third-order valence-electron chi connectivity index (χ3n) is 2.13. The van der Waals surface area contributed by atoms with Crippen LogP contribution in [0.3, 0.4) is 0 Å². The largest absolute Gasteiger partial charge is 0.460 e. The van der Waals surface area contributed by atoms with Crippen LogP contribution in [-0.4, -0.2) is 36.6 Å². The summed E-state index contributed by atoms with van der Waals surface area (Å²) < 4.78 is 5.30. The Morgan fingerprint density at radius 2 is 2.08 bits per heavy atom. The molecule has 0 bridgehead atoms. The molecule has 0 radical (unpaired) electrons. The first-order chi connectivity index (χ1) is 5.88. The van der Waals surface area contributed by atoms with E-state index in [-0.39, 0.29) is 17.5 Å².